The summed E-state index contributed by atoms with van der Waals surface area (Å²) >= 11 is 0. The quantitative estimate of drug-likeness (QED) is 0.730. The lowest BCUT2D eigenvalue weighted by atomic mass is 10.1. The van der Waals surface area contributed by atoms with Gasteiger partial charge in [0.15, 0.2) is 0 Å². The first-order valence-electron chi connectivity index (χ1n) is 7.23. The maximum atomic E-state index is 13.8. The average Bonchev–Trinajstić information content (AvgIpc) is 2.52. The van der Waals surface area contributed by atoms with Gasteiger partial charge in [0.1, 0.15) is 11.6 Å². The van der Waals surface area contributed by atoms with Crippen molar-refractivity contribution in [3.63, 3.8) is 0 Å². The number of aromatic nitrogens is 2. The molecule has 0 bridgehead atoms. The Morgan fingerprint density at radius 1 is 1.17 bits per heavy atom. The molecule has 0 spiro atoms. The molecule has 0 unspecified atom stereocenters. The number of nitrogens with zero attached hydrogens (tertiary/aromatic N) is 1. The van der Waals surface area contributed by atoms with Crippen molar-refractivity contribution in [1.29, 1.82) is 0 Å². The second-order valence-corrected chi connectivity index (χ2v) is 5.42. The van der Waals surface area contributed by atoms with Gasteiger partial charge >= 0.3 is 0 Å². The van der Waals surface area contributed by atoms with E-state index in [9.17, 15) is 9.18 Å². The molecule has 1 aromatic heterocycles. The van der Waals surface area contributed by atoms with Gasteiger partial charge in [-0.2, -0.15) is 0 Å². The fraction of sp³-hybridized carbons (Fsp3) is 0.111. The van der Waals surface area contributed by atoms with E-state index in [1.165, 1.54) is 12.1 Å². The predicted octanol–water partition coefficient (Wildman–Crippen LogP) is 3.06. The largest absolute Gasteiger partial charge is 0.398 e. The van der Waals surface area contributed by atoms with Crippen molar-refractivity contribution in [3.05, 3.63) is 81.7 Å². The SMILES string of the molecule is Cc1ccc(-c2cc(=O)[nH]c(Cc3ccccc3F)n2)cc1N. The van der Waals surface area contributed by atoms with Crippen molar-refractivity contribution in [2.75, 3.05) is 5.73 Å². The number of hydrogen-bond donors (Lipinski definition) is 2. The van der Waals surface area contributed by atoms with E-state index in [-0.39, 0.29) is 17.8 Å². The molecule has 0 fully saturated rings. The van der Waals surface area contributed by atoms with Crippen molar-refractivity contribution in [2.24, 2.45) is 0 Å². The molecule has 0 saturated carbocycles. The molecule has 0 amide bonds. The van der Waals surface area contributed by atoms with Crippen LogP contribution in [0.15, 0.2) is 53.3 Å². The molecule has 0 aliphatic heterocycles. The molecule has 3 rings (SSSR count). The molecule has 5 heteroatoms. The lowest BCUT2D eigenvalue weighted by molar-refractivity contribution is 0.612. The second-order valence-electron chi connectivity index (χ2n) is 5.42. The number of aryl methyl sites for hydroxylation is 1. The van der Waals surface area contributed by atoms with E-state index >= 15 is 0 Å². The zero-order chi connectivity index (χ0) is 16.4. The van der Waals surface area contributed by atoms with E-state index < -0.39 is 0 Å². The predicted molar refractivity (Wildman–Crippen MR) is 88.6 cm³/mol. The summed E-state index contributed by atoms with van der Waals surface area (Å²) in [4.78, 5) is 19.0. The molecule has 3 N–H and O–H groups in total. The van der Waals surface area contributed by atoms with Gasteiger partial charge in [0.05, 0.1) is 5.69 Å². The summed E-state index contributed by atoms with van der Waals surface area (Å²) in [5, 5.41) is 0. The maximum absolute atomic E-state index is 13.8. The Labute approximate surface area is 132 Å². The summed E-state index contributed by atoms with van der Waals surface area (Å²) in [5.41, 5.74) is 9.00. The maximum Gasteiger partial charge on any atom is 0.251 e. The van der Waals surface area contributed by atoms with Crippen LogP contribution in [0.3, 0.4) is 0 Å². The van der Waals surface area contributed by atoms with Crippen LogP contribution >= 0.6 is 0 Å². The highest BCUT2D eigenvalue weighted by atomic mass is 19.1. The van der Waals surface area contributed by atoms with Crippen molar-refractivity contribution in [2.45, 2.75) is 13.3 Å². The lowest BCUT2D eigenvalue weighted by Crippen LogP contribution is -2.12. The number of rotatable bonds is 3. The zero-order valence-corrected chi connectivity index (χ0v) is 12.6. The third kappa shape index (κ3) is 3.29. The smallest absolute Gasteiger partial charge is 0.251 e. The summed E-state index contributed by atoms with van der Waals surface area (Å²) in [7, 11) is 0. The van der Waals surface area contributed by atoms with Crippen LogP contribution in [0.4, 0.5) is 10.1 Å². The molecular formula is C18H16FN3O. The van der Waals surface area contributed by atoms with Gasteiger partial charge in [-0.1, -0.05) is 30.3 Å². The first kappa shape index (κ1) is 15.0. The second kappa shape index (κ2) is 6.04. The molecule has 4 nitrogen and oxygen atoms in total. The molecule has 0 aliphatic rings. The Morgan fingerprint density at radius 3 is 2.70 bits per heavy atom. The number of nitrogens with one attached hydrogen (secondary N) is 1. The van der Waals surface area contributed by atoms with Gasteiger partial charge in [0, 0.05) is 23.7 Å². The Balaban J connectivity index is 2.01. The molecule has 0 radical (unpaired) electrons. The molecule has 0 aliphatic carbocycles. The zero-order valence-electron chi connectivity index (χ0n) is 12.6. The number of nitrogens with two attached hydrogens (primary N) is 1. The highest BCUT2D eigenvalue weighted by Gasteiger charge is 2.08. The molecule has 1 heterocycles. The number of H-pyrrole nitrogens is 1. The van der Waals surface area contributed by atoms with Gasteiger partial charge in [-0.05, 0) is 30.2 Å². The molecule has 23 heavy (non-hydrogen) atoms. The highest BCUT2D eigenvalue weighted by molar-refractivity contribution is 5.65. The first-order chi connectivity index (χ1) is 11.0. The van der Waals surface area contributed by atoms with E-state index in [2.05, 4.69) is 9.97 Å². The van der Waals surface area contributed by atoms with Crippen LogP contribution in [0.5, 0.6) is 0 Å². The Bertz CT molecular complexity index is 918. The first-order valence-corrected chi connectivity index (χ1v) is 7.23. The van der Waals surface area contributed by atoms with Gasteiger partial charge in [-0.3, -0.25) is 4.79 Å². The van der Waals surface area contributed by atoms with Crippen LogP contribution < -0.4 is 11.3 Å². The van der Waals surface area contributed by atoms with Crippen LogP contribution in [-0.2, 0) is 6.42 Å². The number of nitrogen functional groups attached to an aromatic ring is 1. The molecule has 116 valence electrons. The minimum atomic E-state index is -0.319. The minimum Gasteiger partial charge on any atom is -0.398 e. The minimum absolute atomic E-state index is 0.219. The highest BCUT2D eigenvalue weighted by Crippen LogP contribution is 2.21. The molecule has 3 aromatic rings. The van der Waals surface area contributed by atoms with Gasteiger partial charge in [0.2, 0.25) is 0 Å². The van der Waals surface area contributed by atoms with Crippen LogP contribution in [-0.4, -0.2) is 9.97 Å². The average molecular weight is 309 g/mol. The molecule has 0 saturated heterocycles. The lowest BCUT2D eigenvalue weighted by Gasteiger charge is -2.07. The Morgan fingerprint density at radius 2 is 1.96 bits per heavy atom. The van der Waals surface area contributed by atoms with Gasteiger partial charge < -0.3 is 10.7 Å². The summed E-state index contributed by atoms with van der Waals surface area (Å²) in [6.07, 6.45) is 0.219. The fourth-order valence-corrected chi connectivity index (χ4v) is 2.36. The van der Waals surface area contributed by atoms with Gasteiger partial charge in [-0.15, -0.1) is 0 Å². The summed E-state index contributed by atoms with van der Waals surface area (Å²) in [6, 6.07) is 13.4. The van der Waals surface area contributed by atoms with Gasteiger partial charge in [-0.25, -0.2) is 9.37 Å². The van der Waals surface area contributed by atoms with E-state index in [1.54, 1.807) is 24.3 Å². The van der Waals surface area contributed by atoms with Crippen LogP contribution in [0.25, 0.3) is 11.3 Å². The topological polar surface area (TPSA) is 71.8 Å². The number of halogens is 1. The number of anilines is 1. The summed E-state index contributed by atoms with van der Waals surface area (Å²) in [6.45, 7) is 1.91. The van der Waals surface area contributed by atoms with Crippen molar-refractivity contribution >= 4 is 5.69 Å². The van der Waals surface area contributed by atoms with Crippen molar-refractivity contribution in [3.8, 4) is 11.3 Å². The van der Waals surface area contributed by atoms with Crippen LogP contribution in [0.2, 0.25) is 0 Å². The number of hydrogen-bond acceptors (Lipinski definition) is 3. The van der Waals surface area contributed by atoms with E-state index in [0.717, 1.165) is 11.1 Å². The standard InChI is InChI=1S/C18H16FN3O/c1-11-6-7-13(8-15(11)20)16-10-18(23)22-17(21-16)9-12-4-2-3-5-14(12)19/h2-8,10H,9,20H2,1H3,(H,21,22,23). The fourth-order valence-electron chi connectivity index (χ4n) is 2.36. The van der Waals surface area contributed by atoms with Crippen molar-refractivity contribution < 1.29 is 4.39 Å². The third-order valence-electron chi connectivity index (χ3n) is 3.68. The molecular weight excluding hydrogens is 293 g/mol. The molecule has 2 aromatic carbocycles. The van der Waals surface area contributed by atoms with Gasteiger partial charge in [0.25, 0.3) is 5.56 Å². The van der Waals surface area contributed by atoms with E-state index in [1.807, 2.05) is 19.1 Å². The third-order valence-corrected chi connectivity index (χ3v) is 3.68. The summed E-state index contributed by atoms with van der Waals surface area (Å²) < 4.78 is 13.8. The number of aromatic amines is 1. The van der Waals surface area contributed by atoms with E-state index in [4.69, 9.17) is 5.73 Å². The Kier molecular flexibility index (Phi) is 3.93. The van der Waals surface area contributed by atoms with Crippen molar-refractivity contribution in [1.82, 2.24) is 9.97 Å². The summed E-state index contributed by atoms with van der Waals surface area (Å²) in [5.74, 6) is 0.0943. The molecule has 0 atom stereocenters. The normalized spacial score (nSPS) is 10.7. The van der Waals surface area contributed by atoms with Crippen LogP contribution in [0.1, 0.15) is 17.0 Å². The van der Waals surface area contributed by atoms with E-state index in [0.29, 0.717) is 22.8 Å². The monoisotopic (exact) mass is 309 g/mol. The van der Waals surface area contributed by atoms with Crippen LogP contribution in [0, 0.1) is 12.7 Å². The number of benzene rings is 2. The Hall–Kier alpha value is -2.95.